The fourth-order valence-corrected chi connectivity index (χ4v) is 4.85. The van der Waals surface area contributed by atoms with Gasteiger partial charge in [0.2, 0.25) is 11.1 Å². The molecule has 2 heterocycles. The average molecular weight is 376 g/mol. The molecule has 0 saturated heterocycles. The average Bonchev–Trinajstić information content (AvgIpc) is 3.11. The molecule has 0 aromatic carbocycles. The number of hydrogen-bond acceptors (Lipinski definition) is 6. The minimum absolute atomic E-state index is 0.124. The summed E-state index contributed by atoms with van der Waals surface area (Å²) in [5, 5.41) is 20.4. The van der Waals surface area contributed by atoms with Crippen LogP contribution in [0.3, 0.4) is 0 Å². The number of nitrogens with one attached hydrogen (secondary N) is 2. The first-order valence-electron chi connectivity index (χ1n) is 8.55. The summed E-state index contributed by atoms with van der Waals surface area (Å²) in [5.41, 5.74) is 1.79. The molecule has 2 N–H and O–H groups in total. The SMILES string of the molecule is CCc1nc(SC(C)C(=O)Nc2sc3c(c2C#N)CCCCC3)n[nH]1. The molecule has 0 saturated carbocycles. The summed E-state index contributed by atoms with van der Waals surface area (Å²) >= 11 is 2.87. The number of thioether (sulfide) groups is 1. The van der Waals surface area contributed by atoms with Crippen molar-refractivity contribution in [2.45, 2.75) is 62.8 Å². The third-order valence-corrected chi connectivity index (χ3v) is 6.44. The van der Waals surface area contributed by atoms with Crippen LogP contribution in [0.2, 0.25) is 0 Å². The molecule has 1 unspecified atom stereocenters. The Kier molecular flexibility index (Phi) is 5.76. The number of aromatic nitrogens is 3. The summed E-state index contributed by atoms with van der Waals surface area (Å²) in [6.45, 7) is 3.82. The highest BCUT2D eigenvalue weighted by Crippen LogP contribution is 2.37. The normalized spacial score (nSPS) is 15.1. The number of anilines is 1. The van der Waals surface area contributed by atoms with Gasteiger partial charge in [0.25, 0.3) is 0 Å². The largest absolute Gasteiger partial charge is 0.316 e. The Hall–Kier alpha value is -1.85. The minimum atomic E-state index is -0.339. The van der Waals surface area contributed by atoms with Gasteiger partial charge in [0.1, 0.15) is 16.9 Å². The van der Waals surface area contributed by atoms with Gasteiger partial charge >= 0.3 is 0 Å². The van der Waals surface area contributed by atoms with Gasteiger partial charge in [-0.3, -0.25) is 9.89 Å². The number of aryl methyl sites for hydroxylation is 2. The topological polar surface area (TPSA) is 94.5 Å². The van der Waals surface area contributed by atoms with E-state index < -0.39 is 0 Å². The lowest BCUT2D eigenvalue weighted by Gasteiger charge is -2.09. The molecule has 1 aliphatic rings. The first kappa shape index (κ1) is 18.0. The molecule has 25 heavy (non-hydrogen) atoms. The van der Waals surface area contributed by atoms with E-state index >= 15 is 0 Å². The van der Waals surface area contributed by atoms with Crippen LogP contribution in [0.25, 0.3) is 0 Å². The van der Waals surface area contributed by atoms with Gasteiger partial charge in [-0.1, -0.05) is 25.1 Å². The molecule has 1 atom stereocenters. The van der Waals surface area contributed by atoms with Crippen LogP contribution < -0.4 is 5.32 Å². The van der Waals surface area contributed by atoms with Crippen molar-refractivity contribution in [2.24, 2.45) is 0 Å². The summed E-state index contributed by atoms with van der Waals surface area (Å²) in [6.07, 6.45) is 6.20. The third-order valence-electron chi connectivity index (χ3n) is 4.27. The molecule has 0 spiro atoms. The Morgan fingerprint density at radius 2 is 2.24 bits per heavy atom. The number of amides is 1. The van der Waals surface area contributed by atoms with E-state index in [1.165, 1.54) is 23.1 Å². The lowest BCUT2D eigenvalue weighted by molar-refractivity contribution is -0.115. The van der Waals surface area contributed by atoms with Gasteiger partial charge in [-0.25, -0.2) is 4.98 Å². The van der Waals surface area contributed by atoms with E-state index in [0.717, 1.165) is 43.5 Å². The molecule has 8 heteroatoms. The Morgan fingerprint density at radius 3 is 2.96 bits per heavy atom. The van der Waals surface area contributed by atoms with Crippen molar-refractivity contribution < 1.29 is 4.79 Å². The number of thiophene rings is 1. The van der Waals surface area contributed by atoms with Crippen molar-refractivity contribution in [3.63, 3.8) is 0 Å². The molecule has 3 rings (SSSR count). The second-order valence-electron chi connectivity index (χ2n) is 6.05. The molecule has 2 aromatic rings. The van der Waals surface area contributed by atoms with E-state index in [4.69, 9.17) is 0 Å². The summed E-state index contributed by atoms with van der Waals surface area (Å²) in [4.78, 5) is 18.1. The van der Waals surface area contributed by atoms with Crippen LogP contribution in [-0.2, 0) is 24.1 Å². The van der Waals surface area contributed by atoms with Crippen LogP contribution >= 0.6 is 23.1 Å². The van der Waals surface area contributed by atoms with Gasteiger partial charge in [-0.15, -0.1) is 16.4 Å². The zero-order valence-corrected chi connectivity index (χ0v) is 16.0. The van der Waals surface area contributed by atoms with Gasteiger partial charge in [0, 0.05) is 11.3 Å². The molecular formula is C17H21N5OS2. The zero-order valence-electron chi connectivity index (χ0n) is 14.4. The molecule has 0 radical (unpaired) electrons. The van der Waals surface area contributed by atoms with Crippen LogP contribution in [-0.4, -0.2) is 26.3 Å². The molecule has 2 aromatic heterocycles. The Bertz CT molecular complexity index is 805. The first-order valence-corrected chi connectivity index (χ1v) is 10.3. The van der Waals surface area contributed by atoms with Gasteiger partial charge < -0.3 is 5.32 Å². The van der Waals surface area contributed by atoms with Crippen LogP contribution in [0.4, 0.5) is 5.00 Å². The zero-order chi connectivity index (χ0) is 17.8. The van der Waals surface area contributed by atoms with Crippen molar-refractivity contribution in [3.8, 4) is 6.07 Å². The predicted molar refractivity (Wildman–Crippen MR) is 100 cm³/mol. The van der Waals surface area contributed by atoms with Crippen LogP contribution in [0, 0.1) is 11.3 Å². The number of carbonyl (C=O) groups is 1. The second-order valence-corrected chi connectivity index (χ2v) is 8.46. The van der Waals surface area contributed by atoms with Crippen LogP contribution in [0.1, 0.15) is 54.9 Å². The number of fused-ring (bicyclic) bond motifs is 1. The Balaban J connectivity index is 1.71. The van der Waals surface area contributed by atoms with E-state index in [1.807, 2.05) is 13.8 Å². The number of aromatic amines is 1. The fourth-order valence-electron chi connectivity index (χ4n) is 2.86. The summed E-state index contributed by atoms with van der Waals surface area (Å²) in [6, 6.07) is 2.30. The van der Waals surface area contributed by atoms with Crippen molar-refractivity contribution in [1.29, 1.82) is 5.26 Å². The number of H-pyrrole nitrogens is 1. The lowest BCUT2D eigenvalue weighted by Crippen LogP contribution is -2.22. The van der Waals surface area contributed by atoms with E-state index in [0.29, 0.717) is 15.7 Å². The van der Waals surface area contributed by atoms with Gasteiger partial charge in [-0.2, -0.15) is 5.26 Å². The number of nitrogens with zero attached hydrogens (tertiary/aromatic N) is 3. The highest BCUT2D eigenvalue weighted by atomic mass is 32.2. The molecule has 1 aliphatic carbocycles. The molecule has 0 bridgehead atoms. The highest BCUT2D eigenvalue weighted by Gasteiger charge is 2.23. The van der Waals surface area contributed by atoms with Crippen LogP contribution in [0.15, 0.2) is 5.16 Å². The highest BCUT2D eigenvalue weighted by molar-refractivity contribution is 8.00. The lowest BCUT2D eigenvalue weighted by atomic mass is 10.1. The maximum Gasteiger partial charge on any atom is 0.238 e. The summed E-state index contributed by atoms with van der Waals surface area (Å²) < 4.78 is 0. The van der Waals surface area contributed by atoms with E-state index in [9.17, 15) is 10.1 Å². The number of nitriles is 1. The van der Waals surface area contributed by atoms with Gasteiger partial charge in [-0.05, 0) is 38.2 Å². The number of rotatable bonds is 5. The predicted octanol–water partition coefficient (Wildman–Crippen LogP) is 3.69. The standard InChI is InChI=1S/C17H21N5OS2/c1-3-14-19-17(22-21-14)24-10(2)15(23)20-16-12(9-18)11-7-5-4-6-8-13(11)25-16/h10H,3-8H2,1-2H3,(H,20,23)(H,19,21,22). The third kappa shape index (κ3) is 4.05. The Morgan fingerprint density at radius 1 is 1.44 bits per heavy atom. The first-order chi connectivity index (χ1) is 12.1. The van der Waals surface area contributed by atoms with Crippen molar-refractivity contribution in [1.82, 2.24) is 15.2 Å². The van der Waals surface area contributed by atoms with Crippen molar-refractivity contribution in [2.75, 3.05) is 5.32 Å². The van der Waals surface area contributed by atoms with E-state index in [1.54, 1.807) is 11.3 Å². The fraction of sp³-hybridized carbons (Fsp3) is 0.529. The molecule has 0 aliphatic heterocycles. The van der Waals surface area contributed by atoms with Gasteiger partial charge in [0.15, 0.2) is 0 Å². The molecule has 1 amide bonds. The van der Waals surface area contributed by atoms with E-state index in [-0.39, 0.29) is 11.2 Å². The van der Waals surface area contributed by atoms with Crippen molar-refractivity contribution in [3.05, 3.63) is 21.8 Å². The maximum absolute atomic E-state index is 12.5. The monoisotopic (exact) mass is 375 g/mol. The summed E-state index contributed by atoms with van der Waals surface area (Å²) in [7, 11) is 0. The number of hydrogen-bond donors (Lipinski definition) is 2. The molecule has 6 nitrogen and oxygen atoms in total. The van der Waals surface area contributed by atoms with Gasteiger partial charge in [0.05, 0.1) is 10.8 Å². The Labute approximate surface area is 155 Å². The smallest absolute Gasteiger partial charge is 0.238 e. The quantitative estimate of drug-likeness (QED) is 0.614. The van der Waals surface area contributed by atoms with Crippen LogP contribution in [0.5, 0.6) is 0 Å². The maximum atomic E-state index is 12.5. The number of carbonyl (C=O) groups excluding carboxylic acids is 1. The van der Waals surface area contributed by atoms with Crippen molar-refractivity contribution >= 4 is 34.0 Å². The summed E-state index contributed by atoms with van der Waals surface area (Å²) in [5.74, 6) is 0.685. The second kappa shape index (κ2) is 8.02. The van der Waals surface area contributed by atoms with E-state index in [2.05, 4.69) is 26.6 Å². The minimum Gasteiger partial charge on any atom is -0.316 e. The molecule has 0 fully saturated rings. The molecule has 132 valence electrons. The molecular weight excluding hydrogens is 354 g/mol.